The van der Waals surface area contributed by atoms with Gasteiger partial charge in [-0.15, -0.1) is 0 Å². The molecule has 2 heterocycles. The number of aromatic nitrogens is 1. The minimum atomic E-state index is -0.529. The molecule has 0 bridgehead atoms. The van der Waals surface area contributed by atoms with Crippen LogP contribution in [-0.4, -0.2) is 21.5 Å². The number of nitrogens with one attached hydrogen (secondary N) is 1. The Balaban J connectivity index is 1.63. The van der Waals surface area contributed by atoms with Gasteiger partial charge in [0.2, 0.25) is 11.8 Å². The lowest BCUT2D eigenvalue weighted by Gasteiger charge is -2.07. The lowest BCUT2D eigenvalue weighted by atomic mass is 10.1. The fraction of sp³-hybridized carbons (Fsp3) is 0.143. The Bertz CT molecular complexity index is 1300. The number of nitrogens with zero attached hydrogens (tertiary/aromatic N) is 2. The molecular formula is C21H17N3O4S. The number of fused-ring (bicyclic) bond motifs is 1. The van der Waals surface area contributed by atoms with Gasteiger partial charge in [0.05, 0.1) is 10.9 Å². The van der Waals surface area contributed by atoms with Crippen LogP contribution in [0.2, 0.25) is 0 Å². The van der Waals surface area contributed by atoms with Crippen molar-refractivity contribution in [1.82, 2.24) is 4.57 Å². The van der Waals surface area contributed by atoms with Crippen LogP contribution in [0.25, 0.3) is 5.57 Å². The zero-order chi connectivity index (χ0) is 20.5. The molecule has 7 nitrogen and oxygen atoms in total. The number of hydrogen-bond donors (Lipinski definition) is 2. The van der Waals surface area contributed by atoms with Crippen LogP contribution < -0.4 is 20.8 Å². The molecule has 0 fully saturated rings. The van der Waals surface area contributed by atoms with Crippen molar-refractivity contribution in [2.24, 2.45) is 4.99 Å². The first kappa shape index (κ1) is 18.8. The summed E-state index contributed by atoms with van der Waals surface area (Å²) >= 11 is 0.718. The number of benzene rings is 2. The molecule has 0 atom stereocenters. The second kappa shape index (κ2) is 7.48. The van der Waals surface area contributed by atoms with Gasteiger partial charge in [0.15, 0.2) is 0 Å². The normalized spacial score (nSPS) is 12.6. The molecule has 2 aromatic carbocycles. The van der Waals surface area contributed by atoms with E-state index in [-0.39, 0.29) is 17.0 Å². The lowest BCUT2D eigenvalue weighted by Crippen LogP contribution is -2.24. The van der Waals surface area contributed by atoms with E-state index in [9.17, 15) is 19.5 Å². The van der Waals surface area contributed by atoms with E-state index in [2.05, 4.69) is 10.3 Å². The van der Waals surface area contributed by atoms with Crippen molar-refractivity contribution in [3.05, 3.63) is 79.2 Å². The molecule has 146 valence electrons. The van der Waals surface area contributed by atoms with Crippen molar-refractivity contribution in [3.8, 4) is 5.88 Å². The molecule has 0 radical (unpaired) electrons. The van der Waals surface area contributed by atoms with Crippen molar-refractivity contribution in [1.29, 1.82) is 0 Å². The van der Waals surface area contributed by atoms with Crippen molar-refractivity contribution < 1.29 is 14.7 Å². The average Bonchev–Trinajstić information content (AvgIpc) is 3.18. The van der Waals surface area contributed by atoms with E-state index >= 15 is 0 Å². The fourth-order valence-corrected chi connectivity index (χ4v) is 4.09. The molecule has 0 unspecified atom stereocenters. The predicted molar refractivity (Wildman–Crippen MR) is 109 cm³/mol. The average molecular weight is 407 g/mol. The molecule has 0 saturated carbocycles. The maximum atomic E-state index is 12.4. The number of aryl methyl sites for hydroxylation is 1. The van der Waals surface area contributed by atoms with Crippen molar-refractivity contribution in [2.45, 2.75) is 19.9 Å². The number of hydrogen-bond acceptors (Lipinski definition) is 5. The van der Waals surface area contributed by atoms with Crippen LogP contribution in [0.15, 0.2) is 58.3 Å². The van der Waals surface area contributed by atoms with Gasteiger partial charge in [-0.2, -0.15) is 0 Å². The number of aromatic hydroxyl groups is 1. The summed E-state index contributed by atoms with van der Waals surface area (Å²) < 4.78 is 0.955. The molecule has 2 N–H and O–H groups in total. The Morgan fingerprint density at radius 3 is 2.59 bits per heavy atom. The summed E-state index contributed by atoms with van der Waals surface area (Å²) in [6.07, 6.45) is 0.891. The molecular weight excluding hydrogens is 390 g/mol. The van der Waals surface area contributed by atoms with Crippen LogP contribution in [0.3, 0.4) is 0 Å². The minimum Gasteiger partial charge on any atom is -0.493 e. The number of para-hydroxylation sites is 1. The van der Waals surface area contributed by atoms with E-state index in [1.165, 1.54) is 0 Å². The molecule has 0 saturated heterocycles. The van der Waals surface area contributed by atoms with Gasteiger partial charge < -0.3 is 10.4 Å². The number of carbonyl (C=O) groups excluding carboxylic acids is 2. The highest BCUT2D eigenvalue weighted by Crippen LogP contribution is 2.28. The van der Waals surface area contributed by atoms with E-state index in [1.54, 1.807) is 36.4 Å². The first-order valence-corrected chi connectivity index (χ1v) is 9.83. The molecule has 0 spiro atoms. The van der Waals surface area contributed by atoms with E-state index in [0.717, 1.165) is 27.9 Å². The van der Waals surface area contributed by atoms with Crippen molar-refractivity contribution in [3.63, 3.8) is 0 Å². The summed E-state index contributed by atoms with van der Waals surface area (Å²) in [4.78, 5) is 40.6. The molecule has 1 aliphatic heterocycles. The summed E-state index contributed by atoms with van der Waals surface area (Å²) in [7, 11) is 0. The second-order valence-electron chi connectivity index (χ2n) is 6.51. The molecule has 1 aliphatic rings. The molecule has 1 aromatic heterocycles. The Kier molecular flexibility index (Phi) is 4.85. The standard InChI is InChI=1S/C21H17N3O4S/c1-2-12-7-9-13(10-8-12)22-16(25)11-24-20(27)18(29-21(24)28)17-14-5-3-4-6-15(14)23-19(17)26/h3-10,27H,2,11H2,1H3,(H,22,25). The van der Waals surface area contributed by atoms with Crippen LogP contribution in [0.1, 0.15) is 17.4 Å². The topological polar surface area (TPSA) is 101 Å². The Labute approximate surface area is 169 Å². The molecule has 0 aliphatic carbocycles. The van der Waals surface area contributed by atoms with Gasteiger partial charge >= 0.3 is 4.87 Å². The van der Waals surface area contributed by atoms with Crippen LogP contribution in [0.5, 0.6) is 5.88 Å². The summed E-state index contributed by atoms with van der Waals surface area (Å²) in [5, 5.41) is 14.3. The number of carbonyl (C=O) groups is 2. The van der Waals surface area contributed by atoms with Gasteiger partial charge in [-0.05, 0) is 30.2 Å². The third-order valence-electron chi connectivity index (χ3n) is 4.65. The van der Waals surface area contributed by atoms with Gasteiger partial charge in [0, 0.05) is 10.9 Å². The van der Waals surface area contributed by atoms with Gasteiger partial charge in [0.1, 0.15) is 11.4 Å². The Morgan fingerprint density at radius 1 is 1.14 bits per heavy atom. The summed E-state index contributed by atoms with van der Waals surface area (Å²) in [6.45, 7) is 1.67. The maximum Gasteiger partial charge on any atom is 0.311 e. The van der Waals surface area contributed by atoms with Gasteiger partial charge in [-0.1, -0.05) is 48.6 Å². The van der Waals surface area contributed by atoms with E-state index in [1.807, 2.05) is 19.1 Å². The summed E-state index contributed by atoms with van der Waals surface area (Å²) in [5.74, 6) is -1.38. The molecule has 4 rings (SSSR count). The maximum absolute atomic E-state index is 12.4. The van der Waals surface area contributed by atoms with Crippen molar-refractivity contribution >= 4 is 34.4 Å². The molecule has 29 heavy (non-hydrogen) atoms. The van der Waals surface area contributed by atoms with E-state index in [0.29, 0.717) is 16.3 Å². The zero-order valence-corrected chi connectivity index (χ0v) is 16.3. The monoisotopic (exact) mass is 407 g/mol. The quantitative estimate of drug-likeness (QED) is 0.663. The lowest BCUT2D eigenvalue weighted by molar-refractivity contribution is -0.117. The fourth-order valence-electron chi connectivity index (χ4n) is 3.15. The van der Waals surface area contributed by atoms with Crippen LogP contribution in [0, 0.1) is 0 Å². The number of amides is 2. The third-order valence-corrected chi connectivity index (χ3v) is 5.64. The summed E-state index contributed by atoms with van der Waals surface area (Å²) in [6, 6.07) is 14.3. The SMILES string of the molecule is CCc1ccc(NC(=O)Cn2c(O)c(C3=c4ccccc4=NC3=O)sc2=O)cc1. The highest BCUT2D eigenvalue weighted by molar-refractivity contribution is 7.11. The van der Waals surface area contributed by atoms with E-state index < -0.39 is 22.6 Å². The van der Waals surface area contributed by atoms with Gasteiger partial charge in [-0.3, -0.25) is 19.0 Å². The molecule has 2 amide bonds. The summed E-state index contributed by atoms with van der Waals surface area (Å²) in [5.41, 5.74) is 1.92. The van der Waals surface area contributed by atoms with Crippen molar-refractivity contribution in [2.75, 3.05) is 5.32 Å². The first-order valence-electron chi connectivity index (χ1n) is 9.02. The third kappa shape index (κ3) is 3.50. The van der Waals surface area contributed by atoms with Crippen LogP contribution >= 0.6 is 11.3 Å². The number of rotatable bonds is 5. The predicted octanol–water partition coefficient (Wildman–Crippen LogP) is 1.18. The first-order chi connectivity index (χ1) is 14.0. The second-order valence-corrected chi connectivity index (χ2v) is 7.48. The van der Waals surface area contributed by atoms with Crippen LogP contribution in [0.4, 0.5) is 5.69 Å². The highest BCUT2D eigenvalue weighted by Gasteiger charge is 2.26. The Hall–Kier alpha value is -3.52. The van der Waals surface area contributed by atoms with E-state index in [4.69, 9.17) is 0 Å². The highest BCUT2D eigenvalue weighted by atomic mass is 32.1. The molecule has 3 aromatic rings. The number of thiazole rings is 1. The Morgan fingerprint density at radius 2 is 1.86 bits per heavy atom. The largest absolute Gasteiger partial charge is 0.493 e. The van der Waals surface area contributed by atoms with Gasteiger partial charge in [0.25, 0.3) is 5.91 Å². The zero-order valence-electron chi connectivity index (χ0n) is 15.5. The number of anilines is 1. The smallest absolute Gasteiger partial charge is 0.311 e. The molecule has 8 heteroatoms. The minimum absolute atomic E-state index is 0.119. The van der Waals surface area contributed by atoms with Gasteiger partial charge in [-0.25, -0.2) is 4.99 Å². The van der Waals surface area contributed by atoms with Crippen LogP contribution in [-0.2, 0) is 22.6 Å².